The van der Waals surface area contributed by atoms with Gasteiger partial charge in [-0.05, 0) is 38.0 Å². The van der Waals surface area contributed by atoms with Crippen molar-refractivity contribution in [3.05, 3.63) is 29.8 Å². The summed E-state index contributed by atoms with van der Waals surface area (Å²) in [6.07, 6.45) is 0.467. The molecule has 0 unspecified atom stereocenters. The minimum Gasteiger partial charge on any atom is -0.481 e. The van der Waals surface area contributed by atoms with Gasteiger partial charge in [-0.3, -0.25) is 9.69 Å². The minimum atomic E-state index is -0.805. The lowest BCUT2D eigenvalue weighted by Crippen LogP contribution is -2.49. The van der Waals surface area contributed by atoms with Crippen molar-refractivity contribution in [3.63, 3.8) is 0 Å². The molecule has 24 heavy (non-hydrogen) atoms. The quantitative estimate of drug-likeness (QED) is 0.868. The fourth-order valence-corrected chi connectivity index (χ4v) is 3.22. The predicted molar refractivity (Wildman–Crippen MR) is 94.9 cm³/mol. The zero-order valence-electron chi connectivity index (χ0n) is 14.0. The number of piperazine rings is 1. The van der Waals surface area contributed by atoms with Crippen molar-refractivity contribution in [2.45, 2.75) is 26.3 Å². The normalized spacial score (nSPS) is 20.6. The average Bonchev–Trinajstić information content (AvgIpc) is 2.85. The van der Waals surface area contributed by atoms with E-state index in [0.717, 1.165) is 30.9 Å². The number of carbonyl (C=O) groups is 2. The average molecular weight is 354 g/mol. The van der Waals surface area contributed by atoms with E-state index in [1.54, 1.807) is 13.8 Å². The molecule has 132 valence electrons. The summed E-state index contributed by atoms with van der Waals surface area (Å²) in [4.78, 5) is 27.5. The molecule has 2 saturated heterocycles. The van der Waals surface area contributed by atoms with Gasteiger partial charge >= 0.3 is 12.0 Å². The molecule has 2 amide bonds. The highest BCUT2D eigenvalue weighted by atomic mass is 35.5. The molecule has 7 heteroatoms. The first kappa shape index (κ1) is 18.5. The monoisotopic (exact) mass is 353 g/mol. The third-order valence-electron chi connectivity index (χ3n) is 4.69. The predicted octanol–water partition coefficient (Wildman–Crippen LogP) is 1.98. The number of carboxylic acids is 1. The third kappa shape index (κ3) is 3.49. The number of aliphatic carboxylic acids is 1. The van der Waals surface area contributed by atoms with Crippen LogP contribution in [0.1, 0.15) is 19.4 Å². The van der Waals surface area contributed by atoms with Gasteiger partial charge in [0.2, 0.25) is 0 Å². The standard InChI is InChI=1S/C17H23N3O3.ClH/c1-17(2,15(21)22)9-12-3-5-13(6-4-12)20-11-14-10-18-7-8-19(14)16(20)23;/h3-6,14,18H,7-11H2,1-2H3,(H,21,22);1H/t14-;/m0./s1. The Morgan fingerprint density at radius 2 is 2.00 bits per heavy atom. The summed E-state index contributed by atoms with van der Waals surface area (Å²) < 4.78 is 0. The van der Waals surface area contributed by atoms with E-state index in [1.165, 1.54) is 0 Å². The topological polar surface area (TPSA) is 72.9 Å². The number of nitrogens with zero attached hydrogens (tertiary/aromatic N) is 2. The summed E-state index contributed by atoms with van der Waals surface area (Å²) in [5.74, 6) is -0.805. The molecule has 1 aromatic rings. The van der Waals surface area contributed by atoms with Crippen LogP contribution in [0.25, 0.3) is 0 Å². The van der Waals surface area contributed by atoms with Gasteiger partial charge in [-0.1, -0.05) is 12.1 Å². The van der Waals surface area contributed by atoms with Gasteiger partial charge in [0.05, 0.1) is 11.5 Å². The highest BCUT2D eigenvalue weighted by Crippen LogP contribution is 2.27. The van der Waals surface area contributed by atoms with Gasteiger partial charge in [0.1, 0.15) is 0 Å². The number of benzene rings is 1. The van der Waals surface area contributed by atoms with E-state index in [-0.39, 0.29) is 24.5 Å². The van der Waals surface area contributed by atoms with Gasteiger partial charge in [-0.25, -0.2) is 4.79 Å². The molecule has 0 bridgehead atoms. The molecule has 2 aliphatic heterocycles. The highest BCUT2D eigenvalue weighted by Gasteiger charge is 2.39. The van der Waals surface area contributed by atoms with E-state index >= 15 is 0 Å². The first-order chi connectivity index (χ1) is 10.9. The largest absolute Gasteiger partial charge is 0.481 e. The first-order valence-electron chi connectivity index (χ1n) is 8.00. The second kappa shape index (κ2) is 6.99. The van der Waals surface area contributed by atoms with E-state index in [0.29, 0.717) is 13.0 Å². The number of nitrogens with one attached hydrogen (secondary N) is 1. The molecule has 1 aromatic carbocycles. The lowest BCUT2D eigenvalue weighted by molar-refractivity contribution is -0.146. The van der Waals surface area contributed by atoms with Gasteiger partial charge in [-0.15, -0.1) is 12.4 Å². The van der Waals surface area contributed by atoms with Crippen LogP contribution in [0.4, 0.5) is 10.5 Å². The highest BCUT2D eigenvalue weighted by molar-refractivity contribution is 5.94. The van der Waals surface area contributed by atoms with Crippen LogP contribution in [-0.4, -0.2) is 54.2 Å². The number of amides is 2. The van der Waals surface area contributed by atoms with Crippen molar-refractivity contribution in [3.8, 4) is 0 Å². The number of rotatable bonds is 4. The Bertz CT molecular complexity index is 618. The van der Waals surface area contributed by atoms with Gasteiger partial charge in [0, 0.05) is 31.9 Å². The molecule has 0 aliphatic carbocycles. The smallest absolute Gasteiger partial charge is 0.324 e. The summed E-state index contributed by atoms with van der Waals surface area (Å²) in [5, 5.41) is 12.5. The lowest BCUT2D eigenvalue weighted by Gasteiger charge is -2.28. The summed E-state index contributed by atoms with van der Waals surface area (Å²) in [7, 11) is 0. The number of anilines is 1. The zero-order valence-corrected chi connectivity index (χ0v) is 14.8. The summed E-state index contributed by atoms with van der Waals surface area (Å²) in [6, 6.07) is 7.97. The van der Waals surface area contributed by atoms with Crippen molar-refractivity contribution >= 4 is 30.1 Å². The van der Waals surface area contributed by atoms with Gasteiger partial charge in [0.25, 0.3) is 0 Å². The van der Waals surface area contributed by atoms with Crippen LogP contribution in [-0.2, 0) is 11.2 Å². The SMILES string of the molecule is CC(C)(Cc1ccc(N2C[C@@H]3CNCCN3C2=O)cc1)C(=O)O.Cl. The zero-order chi connectivity index (χ0) is 16.6. The van der Waals surface area contributed by atoms with E-state index in [2.05, 4.69) is 5.32 Å². The Morgan fingerprint density at radius 3 is 2.58 bits per heavy atom. The maximum atomic E-state index is 12.5. The van der Waals surface area contributed by atoms with Crippen molar-refractivity contribution in [1.29, 1.82) is 0 Å². The number of carboxylic acid groups (broad SMARTS) is 1. The molecule has 1 atom stereocenters. The number of urea groups is 1. The molecule has 3 rings (SSSR count). The molecule has 2 heterocycles. The fraction of sp³-hybridized carbons (Fsp3) is 0.529. The molecule has 2 fully saturated rings. The Labute approximate surface area is 148 Å². The Balaban J connectivity index is 0.00000208. The molecular weight excluding hydrogens is 330 g/mol. The summed E-state index contributed by atoms with van der Waals surface area (Å²) in [5.41, 5.74) is 1.05. The van der Waals surface area contributed by atoms with Crippen LogP contribution >= 0.6 is 12.4 Å². The van der Waals surface area contributed by atoms with Crippen molar-refractivity contribution < 1.29 is 14.7 Å². The Morgan fingerprint density at radius 1 is 1.33 bits per heavy atom. The molecule has 2 N–H and O–H groups in total. The molecule has 0 saturated carbocycles. The lowest BCUT2D eigenvalue weighted by atomic mass is 9.86. The maximum Gasteiger partial charge on any atom is 0.324 e. The van der Waals surface area contributed by atoms with Crippen LogP contribution in [0, 0.1) is 5.41 Å². The van der Waals surface area contributed by atoms with Crippen molar-refractivity contribution in [2.75, 3.05) is 31.1 Å². The maximum absolute atomic E-state index is 12.5. The number of fused-ring (bicyclic) bond motifs is 1. The summed E-state index contributed by atoms with van der Waals surface area (Å²) >= 11 is 0. The van der Waals surface area contributed by atoms with Crippen LogP contribution < -0.4 is 10.2 Å². The van der Waals surface area contributed by atoms with Crippen molar-refractivity contribution in [2.24, 2.45) is 5.41 Å². The van der Waals surface area contributed by atoms with E-state index in [4.69, 9.17) is 0 Å². The van der Waals surface area contributed by atoms with Gasteiger partial charge in [0.15, 0.2) is 0 Å². The molecule has 0 spiro atoms. The molecule has 6 nitrogen and oxygen atoms in total. The van der Waals surface area contributed by atoms with Gasteiger partial charge < -0.3 is 15.3 Å². The molecule has 0 aromatic heterocycles. The number of hydrogen-bond acceptors (Lipinski definition) is 3. The second-order valence-electron chi connectivity index (χ2n) is 6.98. The minimum absolute atomic E-state index is 0. The Hall–Kier alpha value is -1.79. The van der Waals surface area contributed by atoms with Crippen molar-refractivity contribution in [1.82, 2.24) is 10.2 Å². The van der Waals surface area contributed by atoms with E-state index < -0.39 is 11.4 Å². The second-order valence-corrected chi connectivity index (χ2v) is 6.98. The molecule has 2 aliphatic rings. The van der Waals surface area contributed by atoms with Crippen LogP contribution in [0.2, 0.25) is 0 Å². The van der Waals surface area contributed by atoms with Crippen LogP contribution in [0.5, 0.6) is 0 Å². The molecular formula is C17H24ClN3O3. The fourth-order valence-electron chi connectivity index (χ4n) is 3.22. The van der Waals surface area contributed by atoms with Gasteiger partial charge in [-0.2, -0.15) is 0 Å². The summed E-state index contributed by atoms with van der Waals surface area (Å²) in [6.45, 7) is 6.58. The first-order valence-corrected chi connectivity index (χ1v) is 8.00. The Kier molecular flexibility index (Phi) is 5.40. The van der Waals surface area contributed by atoms with E-state index in [9.17, 15) is 14.7 Å². The number of carbonyl (C=O) groups excluding carboxylic acids is 1. The number of halogens is 1. The third-order valence-corrected chi connectivity index (χ3v) is 4.69. The van der Waals surface area contributed by atoms with Crippen LogP contribution in [0.15, 0.2) is 24.3 Å². The van der Waals surface area contributed by atoms with Crippen LogP contribution in [0.3, 0.4) is 0 Å². The molecule has 0 radical (unpaired) electrons. The van der Waals surface area contributed by atoms with E-state index in [1.807, 2.05) is 34.1 Å². The number of hydrogen-bond donors (Lipinski definition) is 2.